The first-order chi connectivity index (χ1) is 8.57. The molecule has 2 fully saturated rings. The molecule has 2 aliphatic carbocycles. The van der Waals surface area contributed by atoms with Crippen molar-refractivity contribution in [1.29, 1.82) is 0 Å². The minimum absolute atomic E-state index is 0.0142. The van der Waals surface area contributed by atoms with Crippen molar-refractivity contribution in [2.75, 3.05) is 7.11 Å². The second kappa shape index (κ2) is 5.92. The summed E-state index contributed by atoms with van der Waals surface area (Å²) >= 11 is 0. The summed E-state index contributed by atoms with van der Waals surface area (Å²) in [5.41, 5.74) is 6.65. The first-order valence-electron chi connectivity index (χ1n) is 7.88. The van der Waals surface area contributed by atoms with Crippen molar-refractivity contribution in [3.63, 3.8) is 0 Å². The van der Waals surface area contributed by atoms with E-state index in [0.717, 1.165) is 11.8 Å². The van der Waals surface area contributed by atoms with Crippen LogP contribution in [0, 0.1) is 17.8 Å². The predicted octanol–water partition coefficient (Wildman–Crippen LogP) is 3.74. The first-order valence-corrected chi connectivity index (χ1v) is 7.88. The summed E-state index contributed by atoms with van der Waals surface area (Å²) in [6.45, 7) is 4.77. The molecule has 2 saturated carbocycles. The number of methoxy groups -OCH3 is 1. The van der Waals surface area contributed by atoms with E-state index in [1.165, 1.54) is 51.4 Å². The molecular formula is C16H31NO. The monoisotopic (exact) mass is 253 g/mol. The van der Waals surface area contributed by atoms with Gasteiger partial charge in [-0.1, -0.05) is 33.1 Å². The molecule has 0 amide bonds. The maximum atomic E-state index is 6.67. The highest BCUT2D eigenvalue weighted by Crippen LogP contribution is 2.42. The Labute approximate surface area is 113 Å². The average molecular weight is 253 g/mol. The van der Waals surface area contributed by atoms with Crippen molar-refractivity contribution < 1.29 is 4.74 Å². The lowest BCUT2D eigenvalue weighted by molar-refractivity contribution is -0.0786. The molecule has 18 heavy (non-hydrogen) atoms. The number of hydrogen-bond donors (Lipinski definition) is 1. The summed E-state index contributed by atoms with van der Waals surface area (Å²) in [6, 6.07) is 0.244. The second-order valence-corrected chi connectivity index (χ2v) is 7.03. The van der Waals surface area contributed by atoms with E-state index < -0.39 is 0 Å². The molecule has 2 heteroatoms. The van der Waals surface area contributed by atoms with Crippen LogP contribution in [0.4, 0.5) is 0 Å². The van der Waals surface area contributed by atoms with Gasteiger partial charge >= 0.3 is 0 Å². The third-order valence-corrected chi connectivity index (χ3v) is 5.44. The Morgan fingerprint density at radius 2 is 1.56 bits per heavy atom. The van der Waals surface area contributed by atoms with Crippen LogP contribution in [0.15, 0.2) is 0 Å². The fraction of sp³-hybridized carbons (Fsp3) is 1.00. The highest BCUT2D eigenvalue weighted by atomic mass is 16.5. The largest absolute Gasteiger partial charge is 0.377 e. The van der Waals surface area contributed by atoms with Crippen molar-refractivity contribution in [1.82, 2.24) is 0 Å². The Morgan fingerprint density at radius 1 is 1.00 bits per heavy atom. The van der Waals surface area contributed by atoms with Gasteiger partial charge in [-0.15, -0.1) is 0 Å². The topological polar surface area (TPSA) is 35.2 Å². The average Bonchev–Trinajstić information content (AvgIpc) is 2.37. The second-order valence-electron chi connectivity index (χ2n) is 7.03. The number of hydrogen-bond acceptors (Lipinski definition) is 2. The van der Waals surface area contributed by atoms with Crippen LogP contribution in [-0.4, -0.2) is 18.8 Å². The zero-order valence-corrected chi connectivity index (χ0v) is 12.5. The number of ether oxygens (including phenoxy) is 1. The molecule has 0 heterocycles. The first kappa shape index (κ1) is 14.3. The van der Waals surface area contributed by atoms with E-state index in [1.807, 2.05) is 7.11 Å². The van der Waals surface area contributed by atoms with Gasteiger partial charge in [0, 0.05) is 13.2 Å². The number of nitrogens with two attached hydrogens (primary N) is 1. The van der Waals surface area contributed by atoms with E-state index in [4.69, 9.17) is 10.5 Å². The highest BCUT2D eigenvalue weighted by molar-refractivity contribution is 4.98. The van der Waals surface area contributed by atoms with Crippen LogP contribution < -0.4 is 5.73 Å². The Bertz CT molecular complexity index is 250. The van der Waals surface area contributed by atoms with Gasteiger partial charge in [-0.3, -0.25) is 0 Å². The van der Waals surface area contributed by atoms with Crippen molar-refractivity contribution in [3.8, 4) is 0 Å². The van der Waals surface area contributed by atoms with Crippen LogP contribution in [0.2, 0.25) is 0 Å². The molecule has 0 bridgehead atoms. The molecule has 0 spiro atoms. The maximum Gasteiger partial charge on any atom is 0.0831 e. The van der Waals surface area contributed by atoms with Crippen LogP contribution in [0.3, 0.4) is 0 Å². The van der Waals surface area contributed by atoms with Crippen molar-refractivity contribution in [2.24, 2.45) is 23.5 Å². The molecule has 0 saturated heterocycles. The lowest BCUT2D eigenvalue weighted by Gasteiger charge is -2.46. The van der Waals surface area contributed by atoms with Crippen molar-refractivity contribution in [2.45, 2.75) is 76.9 Å². The van der Waals surface area contributed by atoms with Gasteiger partial charge in [0.1, 0.15) is 0 Å². The van der Waals surface area contributed by atoms with Gasteiger partial charge in [0.15, 0.2) is 0 Å². The van der Waals surface area contributed by atoms with Gasteiger partial charge in [-0.05, 0) is 49.9 Å². The Morgan fingerprint density at radius 3 is 2.06 bits per heavy atom. The molecule has 0 aromatic heterocycles. The van der Waals surface area contributed by atoms with E-state index in [-0.39, 0.29) is 11.6 Å². The molecule has 0 aromatic rings. The summed E-state index contributed by atoms with van der Waals surface area (Å²) in [5.74, 6) is 2.34. The molecule has 0 radical (unpaired) electrons. The van der Waals surface area contributed by atoms with Crippen LogP contribution in [0.25, 0.3) is 0 Å². The molecule has 3 atom stereocenters. The summed E-state index contributed by atoms with van der Waals surface area (Å²) in [7, 11) is 1.88. The molecule has 3 unspecified atom stereocenters. The zero-order valence-electron chi connectivity index (χ0n) is 12.5. The van der Waals surface area contributed by atoms with Crippen LogP contribution >= 0.6 is 0 Å². The molecule has 2 rings (SSSR count). The summed E-state index contributed by atoms with van der Waals surface area (Å²) in [6.07, 6.45) is 10.3. The minimum Gasteiger partial charge on any atom is -0.377 e. The lowest BCUT2D eigenvalue weighted by Crippen LogP contribution is -2.55. The third kappa shape index (κ3) is 2.91. The molecule has 0 aromatic carbocycles. The molecular weight excluding hydrogens is 222 g/mol. The summed E-state index contributed by atoms with van der Waals surface area (Å²) in [5, 5.41) is 0. The van der Waals surface area contributed by atoms with Gasteiger partial charge in [0.2, 0.25) is 0 Å². The van der Waals surface area contributed by atoms with Gasteiger partial charge < -0.3 is 10.5 Å². The minimum atomic E-state index is -0.0142. The quantitative estimate of drug-likeness (QED) is 0.831. The van der Waals surface area contributed by atoms with Gasteiger partial charge in [-0.25, -0.2) is 0 Å². The van der Waals surface area contributed by atoms with Crippen molar-refractivity contribution >= 4 is 0 Å². The van der Waals surface area contributed by atoms with E-state index in [0.29, 0.717) is 5.92 Å². The highest BCUT2D eigenvalue weighted by Gasteiger charge is 2.43. The normalized spacial score (nSPS) is 38.3. The van der Waals surface area contributed by atoms with Gasteiger partial charge in [0.05, 0.1) is 5.60 Å². The van der Waals surface area contributed by atoms with E-state index >= 15 is 0 Å². The van der Waals surface area contributed by atoms with E-state index in [1.54, 1.807) is 0 Å². The Balaban J connectivity index is 2.05. The van der Waals surface area contributed by atoms with Gasteiger partial charge in [-0.2, -0.15) is 0 Å². The Kier molecular flexibility index (Phi) is 4.71. The fourth-order valence-corrected chi connectivity index (χ4v) is 4.56. The number of rotatable bonds is 3. The smallest absolute Gasteiger partial charge is 0.0831 e. The molecule has 106 valence electrons. The third-order valence-electron chi connectivity index (χ3n) is 5.44. The van der Waals surface area contributed by atoms with Crippen LogP contribution in [-0.2, 0) is 4.74 Å². The maximum absolute atomic E-state index is 6.67. The zero-order chi connectivity index (χ0) is 13.2. The summed E-state index contributed by atoms with van der Waals surface area (Å²) < 4.78 is 5.94. The summed E-state index contributed by atoms with van der Waals surface area (Å²) in [4.78, 5) is 0. The molecule has 2 aliphatic rings. The lowest BCUT2D eigenvalue weighted by atomic mass is 9.67. The van der Waals surface area contributed by atoms with Gasteiger partial charge in [0.25, 0.3) is 0 Å². The van der Waals surface area contributed by atoms with Crippen LogP contribution in [0.5, 0.6) is 0 Å². The van der Waals surface area contributed by atoms with Crippen LogP contribution in [0.1, 0.15) is 65.2 Å². The van der Waals surface area contributed by atoms with Crippen molar-refractivity contribution in [3.05, 3.63) is 0 Å². The fourth-order valence-electron chi connectivity index (χ4n) is 4.56. The predicted molar refractivity (Wildman–Crippen MR) is 76.5 cm³/mol. The molecule has 2 nitrogen and oxygen atoms in total. The van der Waals surface area contributed by atoms with E-state index in [2.05, 4.69) is 13.8 Å². The SMILES string of the molecule is COC1(C(N)C2CC(C)CC(C)C2)CCCCC1. The standard InChI is InChI=1S/C16H31NO/c1-12-9-13(2)11-14(10-12)15(17)16(18-3)7-5-4-6-8-16/h12-15H,4-11,17H2,1-3H3. The molecule has 2 N–H and O–H groups in total. The molecule has 0 aliphatic heterocycles. The Hall–Kier alpha value is -0.0800. The van der Waals surface area contributed by atoms with E-state index in [9.17, 15) is 0 Å².